The van der Waals surface area contributed by atoms with Crippen LogP contribution in [0, 0.1) is 0 Å². The van der Waals surface area contributed by atoms with Gasteiger partial charge in [0.2, 0.25) is 6.10 Å². The van der Waals surface area contributed by atoms with Crippen molar-refractivity contribution < 1.29 is 32.2 Å². The molecule has 0 fully saturated rings. The number of nitrogens with one attached hydrogen (secondary N) is 1. The molecule has 1 aromatic carbocycles. The number of carbonyl (C=O) groups is 2. The summed E-state index contributed by atoms with van der Waals surface area (Å²) in [6.07, 6.45) is -6.28. The molecule has 0 bridgehead atoms. The van der Waals surface area contributed by atoms with E-state index in [4.69, 9.17) is 39.4 Å². The average Bonchev–Trinajstić information content (AvgIpc) is 2.67. The maximum Gasteiger partial charge on any atom is 0.429 e. The smallest absolute Gasteiger partial charge is 0.429 e. The van der Waals surface area contributed by atoms with Crippen molar-refractivity contribution in [1.82, 2.24) is 5.32 Å². The normalized spacial score (nSPS) is 16.3. The molecule has 0 spiro atoms. The van der Waals surface area contributed by atoms with Crippen LogP contribution >= 0.6 is 23.2 Å². The van der Waals surface area contributed by atoms with E-state index in [0.29, 0.717) is 0 Å². The number of aliphatic imine (C=N–C) groups is 1. The van der Waals surface area contributed by atoms with Gasteiger partial charge in [0.15, 0.2) is 5.96 Å². The van der Waals surface area contributed by atoms with E-state index < -0.39 is 35.8 Å². The zero-order valence-corrected chi connectivity index (χ0v) is 17.6. The van der Waals surface area contributed by atoms with Gasteiger partial charge in [-0.2, -0.15) is 13.2 Å². The van der Waals surface area contributed by atoms with Crippen LogP contribution < -0.4 is 21.5 Å². The van der Waals surface area contributed by atoms with Gasteiger partial charge in [0, 0.05) is 17.1 Å². The molecular weight excluding hydrogens is 464 g/mol. The standard InChI is InChI=1S/C18H19Cl2F3N4O4/c1-30-16(29)12(3-2-4-26-17(24)25)27-15(28)10-6-8-5-9(19)7-11(20)13(8)31-14(10)18(21,22)23/h5-7,12,14H,2-4H2,1H3,(H,27,28)(H4,24,25,26)/t12?,14-/m0/s1. The van der Waals surface area contributed by atoms with Crippen molar-refractivity contribution in [1.29, 1.82) is 0 Å². The molecule has 1 aliphatic heterocycles. The van der Waals surface area contributed by atoms with Crippen molar-refractivity contribution in [2.45, 2.75) is 31.2 Å². The number of amides is 1. The van der Waals surface area contributed by atoms with Crippen molar-refractivity contribution in [2.75, 3.05) is 13.7 Å². The first-order valence-electron chi connectivity index (χ1n) is 8.82. The molecule has 170 valence electrons. The van der Waals surface area contributed by atoms with Crippen LogP contribution in [0.2, 0.25) is 10.0 Å². The quantitative estimate of drug-likeness (QED) is 0.237. The summed E-state index contributed by atoms with van der Waals surface area (Å²) in [7, 11) is 1.08. The van der Waals surface area contributed by atoms with Crippen molar-refractivity contribution in [3.63, 3.8) is 0 Å². The lowest BCUT2D eigenvalue weighted by Gasteiger charge is -2.29. The Balaban J connectivity index is 2.32. The Morgan fingerprint density at radius 3 is 2.58 bits per heavy atom. The molecule has 1 aromatic rings. The minimum absolute atomic E-state index is 0.0221. The highest BCUT2D eigenvalue weighted by Gasteiger charge is 2.49. The van der Waals surface area contributed by atoms with Gasteiger partial charge in [-0.15, -0.1) is 0 Å². The van der Waals surface area contributed by atoms with Gasteiger partial charge < -0.3 is 26.3 Å². The fraction of sp³-hybridized carbons (Fsp3) is 0.389. The summed E-state index contributed by atoms with van der Waals surface area (Å²) in [5.74, 6) is -2.43. The van der Waals surface area contributed by atoms with E-state index in [0.717, 1.165) is 13.2 Å². The predicted octanol–water partition coefficient (Wildman–Crippen LogP) is 2.41. The summed E-state index contributed by atoms with van der Waals surface area (Å²) in [6.45, 7) is 0.146. The Morgan fingerprint density at radius 2 is 2.00 bits per heavy atom. The molecular formula is C18H19Cl2F3N4O4. The molecule has 2 atom stereocenters. The first-order chi connectivity index (χ1) is 14.4. The Morgan fingerprint density at radius 1 is 1.32 bits per heavy atom. The number of hydrogen-bond donors (Lipinski definition) is 3. The van der Waals surface area contributed by atoms with Crippen molar-refractivity contribution >= 4 is 47.1 Å². The topological polar surface area (TPSA) is 129 Å². The van der Waals surface area contributed by atoms with Gasteiger partial charge in [0.05, 0.1) is 17.7 Å². The molecule has 0 radical (unpaired) electrons. The van der Waals surface area contributed by atoms with Crippen molar-refractivity contribution in [3.8, 4) is 5.75 Å². The number of fused-ring (bicyclic) bond motifs is 1. The molecule has 2 rings (SSSR count). The maximum absolute atomic E-state index is 13.6. The number of methoxy groups -OCH3 is 1. The Bertz CT molecular complexity index is 918. The number of guanidine groups is 1. The van der Waals surface area contributed by atoms with Crippen LogP contribution in [-0.2, 0) is 14.3 Å². The van der Waals surface area contributed by atoms with E-state index in [9.17, 15) is 22.8 Å². The Labute approximate surface area is 185 Å². The third-order valence-corrected chi connectivity index (χ3v) is 4.66. The number of alkyl halides is 3. The zero-order chi connectivity index (χ0) is 23.3. The van der Waals surface area contributed by atoms with E-state index in [1.54, 1.807) is 0 Å². The number of nitrogens with two attached hydrogens (primary N) is 2. The fourth-order valence-electron chi connectivity index (χ4n) is 2.80. The molecule has 31 heavy (non-hydrogen) atoms. The molecule has 1 aliphatic rings. The molecule has 1 unspecified atom stereocenters. The van der Waals surface area contributed by atoms with Gasteiger partial charge in [-0.25, -0.2) is 4.79 Å². The third-order valence-electron chi connectivity index (χ3n) is 4.16. The predicted molar refractivity (Wildman–Crippen MR) is 109 cm³/mol. The number of carbonyl (C=O) groups excluding carboxylic acids is 2. The highest BCUT2D eigenvalue weighted by Crippen LogP contribution is 2.42. The molecule has 8 nitrogen and oxygen atoms in total. The van der Waals surface area contributed by atoms with E-state index in [-0.39, 0.29) is 46.7 Å². The summed E-state index contributed by atoms with van der Waals surface area (Å²) >= 11 is 11.8. The molecule has 0 aromatic heterocycles. The van der Waals surface area contributed by atoms with Crippen LogP contribution in [0.1, 0.15) is 18.4 Å². The van der Waals surface area contributed by atoms with Gasteiger partial charge in [-0.3, -0.25) is 9.79 Å². The van der Waals surface area contributed by atoms with Gasteiger partial charge in [-0.1, -0.05) is 23.2 Å². The fourth-order valence-corrected chi connectivity index (χ4v) is 3.35. The molecule has 1 amide bonds. The maximum atomic E-state index is 13.6. The minimum Gasteiger partial charge on any atom is -0.474 e. The lowest BCUT2D eigenvalue weighted by atomic mass is 9.99. The van der Waals surface area contributed by atoms with E-state index >= 15 is 0 Å². The van der Waals surface area contributed by atoms with Crippen molar-refractivity contribution in [3.05, 3.63) is 33.3 Å². The second kappa shape index (κ2) is 10.1. The summed E-state index contributed by atoms with van der Waals surface area (Å²) in [6, 6.07) is 1.29. The second-order valence-electron chi connectivity index (χ2n) is 6.44. The average molecular weight is 483 g/mol. The van der Waals surface area contributed by atoms with Gasteiger partial charge in [-0.05, 0) is 31.1 Å². The van der Waals surface area contributed by atoms with E-state index in [1.807, 2.05) is 0 Å². The van der Waals surface area contributed by atoms with Crippen LogP contribution in [0.5, 0.6) is 5.75 Å². The molecule has 13 heteroatoms. The number of hydrogen-bond acceptors (Lipinski definition) is 5. The number of rotatable bonds is 7. The number of halogens is 5. The highest BCUT2D eigenvalue weighted by molar-refractivity contribution is 6.36. The SMILES string of the molecule is COC(=O)C(CCCN=C(N)N)NC(=O)C1=Cc2cc(Cl)cc(Cl)c2O[C@@H]1C(F)(F)F. The van der Waals surface area contributed by atoms with Gasteiger partial charge in [0.25, 0.3) is 5.91 Å². The second-order valence-corrected chi connectivity index (χ2v) is 7.29. The zero-order valence-electron chi connectivity index (χ0n) is 16.1. The van der Waals surface area contributed by atoms with Crippen LogP contribution in [0.3, 0.4) is 0 Å². The van der Waals surface area contributed by atoms with Crippen molar-refractivity contribution in [2.24, 2.45) is 16.5 Å². The minimum atomic E-state index is -4.93. The lowest BCUT2D eigenvalue weighted by Crippen LogP contribution is -2.48. The first kappa shape index (κ1) is 24.6. The summed E-state index contributed by atoms with van der Waals surface area (Å²) in [4.78, 5) is 28.4. The monoisotopic (exact) mass is 482 g/mol. The summed E-state index contributed by atoms with van der Waals surface area (Å²) in [5.41, 5.74) is 9.74. The Kier molecular flexibility index (Phi) is 8.02. The number of nitrogens with zero attached hydrogens (tertiary/aromatic N) is 1. The van der Waals surface area contributed by atoms with Crippen LogP contribution in [0.15, 0.2) is 22.7 Å². The molecule has 5 N–H and O–H groups in total. The highest BCUT2D eigenvalue weighted by atomic mass is 35.5. The van der Waals surface area contributed by atoms with Gasteiger partial charge in [0.1, 0.15) is 11.8 Å². The number of ether oxygens (including phenoxy) is 2. The number of benzene rings is 1. The number of esters is 1. The van der Waals surface area contributed by atoms with E-state index in [2.05, 4.69) is 15.0 Å². The third kappa shape index (κ3) is 6.41. The lowest BCUT2D eigenvalue weighted by molar-refractivity contribution is -0.185. The van der Waals surface area contributed by atoms with E-state index in [1.165, 1.54) is 12.1 Å². The molecule has 1 heterocycles. The van der Waals surface area contributed by atoms with Crippen LogP contribution in [0.25, 0.3) is 6.08 Å². The summed E-state index contributed by atoms with van der Waals surface area (Å²) in [5, 5.41) is 2.25. The molecule has 0 saturated heterocycles. The molecule has 0 aliphatic carbocycles. The molecule has 0 saturated carbocycles. The first-order valence-corrected chi connectivity index (χ1v) is 9.57. The van der Waals surface area contributed by atoms with Crippen LogP contribution in [0.4, 0.5) is 13.2 Å². The van der Waals surface area contributed by atoms with Crippen LogP contribution in [-0.4, -0.2) is 49.8 Å². The summed E-state index contributed by atoms with van der Waals surface area (Å²) < 4.78 is 50.4. The largest absolute Gasteiger partial charge is 0.474 e. The Hall–Kier alpha value is -2.66. The van der Waals surface area contributed by atoms with Gasteiger partial charge >= 0.3 is 12.1 Å².